The summed E-state index contributed by atoms with van der Waals surface area (Å²) in [5.74, 6) is -0.756. The largest absolute Gasteiger partial charge is 0.382 e. The van der Waals surface area contributed by atoms with E-state index in [0.717, 1.165) is 0 Å². The van der Waals surface area contributed by atoms with Crippen LogP contribution in [-0.2, 0) is 11.2 Å². The van der Waals surface area contributed by atoms with Crippen molar-refractivity contribution >= 4 is 0 Å². The molecule has 0 aromatic heterocycles. The van der Waals surface area contributed by atoms with Crippen molar-refractivity contribution in [2.45, 2.75) is 38.9 Å². The second kappa shape index (κ2) is 5.45. The molecule has 2 N–H and O–H groups in total. The Morgan fingerprint density at radius 1 is 0.727 bits per heavy atom. The SMILES string of the molecule is Cc1cc(C(C)(O)C(C)(O)c2ccc(F)c(C)c2)ccc1F. The molecule has 2 atom stereocenters. The molecule has 2 unspecified atom stereocenters. The Balaban J connectivity index is 2.53. The lowest BCUT2D eigenvalue weighted by Gasteiger charge is -2.39. The van der Waals surface area contributed by atoms with E-state index in [2.05, 4.69) is 0 Å². The molecular weight excluding hydrogens is 286 g/mol. The highest BCUT2D eigenvalue weighted by Gasteiger charge is 2.44. The molecule has 0 aliphatic carbocycles. The molecule has 0 bridgehead atoms. The van der Waals surface area contributed by atoms with Gasteiger partial charge in [-0.3, -0.25) is 0 Å². The van der Waals surface area contributed by atoms with Crippen LogP contribution < -0.4 is 0 Å². The molecular formula is C18H20F2O2. The van der Waals surface area contributed by atoms with Gasteiger partial charge in [0, 0.05) is 0 Å². The van der Waals surface area contributed by atoms with Gasteiger partial charge in [-0.25, -0.2) is 8.78 Å². The van der Waals surface area contributed by atoms with Crippen LogP contribution in [0.25, 0.3) is 0 Å². The molecule has 0 fully saturated rings. The van der Waals surface area contributed by atoms with Crippen LogP contribution in [0.5, 0.6) is 0 Å². The van der Waals surface area contributed by atoms with Gasteiger partial charge in [-0.15, -0.1) is 0 Å². The van der Waals surface area contributed by atoms with Gasteiger partial charge in [0.1, 0.15) is 22.8 Å². The summed E-state index contributed by atoms with van der Waals surface area (Å²) in [4.78, 5) is 0. The quantitative estimate of drug-likeness (QED) is 0.908. The molecule has 2 aromatic rings. The predicted molar refractivity (Wildman–Crippen MR) is 81.4 cm³/mol. The first-order chi connectivity index (χ1) is 10.1. The molecule has 2 rings (SSSR count). The summed E-state index contributed by atoms with van der Waals surface area (Å²) < 4.78 is 26.8. The monoisotopic (exact) mass is 306 g/mol. The zero-order chi connectivity index (χ0) is 16.7. The van der Waals surface area contributed by atoms with Crippen LogP contribution in [0.3, 0.4) is 0 Å². The predicted octanol–water partition coefficient (Wildman–Crippen LogP) is 3.70. The third-order valence-electron chi connectivity index (χ3n) is 4.39. The third kappa shape index (κ3) is 2.64. The number of hydrogen-bond acceptors (Lipinski definition) is 2. The standard InChI is InChI=1S/C18H20F2O2/c1-11-9-13(5-7-15(11)19)17(3,21)18(4,22)14-6-8-16(20)12(2)10-14/h5-10,21-22H,1-4H3. The third-order valence-corrected chi connectivity index (χ3v) is 4.39. The van der Waals surface area contributed by atoms with Crippen molar-refractivity contribution < 1.29 is 19.0 Å². The van der Waals surface area contributed by atoms with Gasteiger partial charge in [0.2, 0.25) is 0 Å². The van der Waals surface area contributed by atoms with Gasteiger partial charge in [0.15, 0.2) is 0 Å². The minimum absolute atomic E-state index is 0.378. The van der Waals surface area contributed by atoms with E-state index in [-0.39, 0.29) is 11.6 Å². The number of aryl methyl sites for hydroxylation is 2. The highest BCUT2D eigenvalue weighted by atomic mass is 19.1. The maximum absolute atomic E-state index is 13.4. The average molecular weight is 306 g/mol. The summed E-state index contributed by atoms with van der Waals surface area (Å²) in [6.07, 6.45) is 0. The molecule has 0 spiro atoms. The molecule has 0 saturated heterocycles. The first-order valence-electron chi connectivity index (χ1n) is 7.05. The number of benzene rings is 2. The van der Waals surface area contributed by atoms with Crippen molar-refractivity contribution in [2.24, 2.45) is 0 Å². The summed E-state index contributed by atoms with van der Waals surface area (Å²) >= 11 is 0. The van der Waals surface area contributed by atoms with E-state index in [1.807, 2.05) is 0 Å². The van der Waals surface area contributed by atoms with E-state index >= 15 is 0 Å². The molecule has 0 heterocycles. The zero-order valence-electron chi connectivity index (χ0n) is 13.1. The van der Waals surface area contributed by atoms with Gasteiger partial charge in [0.25, 0.3) is 0 Å². The highest BCUT2D eigenvalue weighted by molar-refractivity contribution is 5.36. The smallest absolute Gasteiger partial charge is 0.126 e. The van der Waals surface area contributed by atoms with E-state index in [9.17, 15) is 19.0 Å². The van der Waals surface area contributed by atoms with Crippen LogP contribution in [0, 0.1) is 25.5 Å². The lowest BCUT2D eigenvalue weighted by molar-refractivity contribution is -0.143. The van der Waals surface area contributed by atoms with Gasteiger partial charge in [0.05, 0.1) is 0 Å². The summed E-state index contributed by atoms with van der Waals surface area (Å²) in [6.45, 7) is 6.09. The minimum Gasteiger partial charge on any atom is -0.382 e. The molecule has 2 nitrogen and oxygen atoms in total. The Hall–Kier alpha value is -1.78. The van der Waals surface area contributed by atoms with Crippen molar-refractivity contribution in [3.63, 3.8) is 0 Å². The van der Waals surface area contributed by atoms with Crippen LogP contribution in [0.2, 0.25) is 0 Å². The Labute approximate surface area is 129 Å². The lowest BCUT2D eigenvalue weighted by Crippen LogP contribution is -2.45. The molecule has 4 heteroatoms. The molecule has 2 aromatic carbocycles. The molecule has 0 aliphatic rings. The maximum atomic E-state index is 13.4. The summed E-state index contributed by atoms with van der Waals surface area (Å²) in [5, 5.41) is 21.8. The number of aliphatic hydroxyl groups is 2. The van der Waals surface area contributed by atoms with Gasteiger partial charge in [-0.1, -0.05) is 24.3 Å². The molecule has 0 saturated carbocycles. The molecule has 0 radical (unpaired) electrons. The second-order valence-corrected chi connectivity index (χ2v) is 6.07. The van der Waals surface area contributed by atoms with E-state index in [4.69, 9.17) is 0 Å². The van der Waals surface area contributed by atoms with E-state index in [1.54, 1.807) is 13.8 Å². The minimum atomic E-state index is -1.67. The molecule has 0 amide bonds. The number of rotatable bonds is 3. The number of hydrogen-bond donors (Lipinski definition) is 2. The summed E-state index contributed by atoms with van der Waals surface area (Å²) in [6, 6.07) is 8.39. The fourth-order valence-corrected chi connectivity index (χ4v) is 2.46. The van der Waals surface area contributed by atoms with Gasteiger partial charge >= 0.3 is 0 Å². The van der Waals surface area contributed by atoms with E-state index in [0.29, 0.717) is 22.3 Å². The summed E-state index contributed by atoms with van der Waals surface area (Å²) in [7, 11) is 0. The second-order valence-electron chi connectivity index (χ2n) is 6.07. The number of halogens is 2. The van der Waals surface area contributed by atoms with Crippen LogP contribution in [0.4, 0.5) is 8.78 Å². The Morgan fingerprint density at radius 3 is 1.32 bits per heavy atom. The molecule has 0 aliphatic heterocycles. The maximum Gasteiger partial charge on any atom is 0.126 e. The Bertz CT molecular complexity index is 645. The topological polar surface area (TPSA) is 40.5 Å². The Kier molecular flexibility index (Phi) is 4.11. The van der Waals surface area contributed by atoms with Gasteiger partial charge in [-0.05, 0) is 62.1 Å². The first kappa shape index (κ1) is 16.6. The molecule has 118 valence electrons. The van der Waals surface area contributed by atoms with Crippen LogP contribution in [-0.4, -0.2) is 10.2 Å². The van der Waals surface area contributed by atoms with E-state index < -0.39 is 11.2 Å². The van der Waals surface area contributed by atoms with Gasteiger partial charge < -0.3 is 10.2 Å². The summed E-state index contributed by atoms with van der Waals surface area (Å²) in [5.41, 5.74) is -1.81. The van der Waals surface area contributed by atoms with Crippen LogP contribution in [0.15, 0.2) is 36.4 Å². The highest BCUT2D eigenvalue weighted by Crippen LogP contribution is 2.41. The lowest BCUT2D eigenvalue weighted by atomic mass is 9.75. The fourth-order valence-electron chi connectivity index (χ4n) is 2.46. The van der Waals surface area contributed by atoms with E-state index in [1.165, 1.54) is 50.2 Å². The van der Waals surface area contributed by atoms with Crippen LogP contribution >= 0.6 is 0 Å². The van der Waals surface area contributed by atoms with Crippen molar-refractivity contribution in [1.29, 1.82) is 0 Å². The van der Waals surface area contributed by atoms with Gasteiger partial charge in [-0.2, -0.15) is 0 Å². The average Bonchev–Trinajstić information content (AvgIpc) is 2.44. The fraction of sp³-hybridized carbons (Fsp3) is 0.333. The molecule has 22 heavy (non-hydrogen) atoms. The van der Waals surface area contributed by atoms with Crippen molar-refractivity contribution in [2.75, 3.05) is 0 Å². The van der Waals surface area contributed by atoms with Crippen molar-refractivity contribution in [3.8, 4) is 0 Å². The van der Waals surface area contributed by atoms with Crippen LogP contribution in [0.1, 0.15) is 36.1 Å². The van der Waals surface area contributed by atoms with Crippen molar-refractivity contribution in [1.82, 2.24) is 0 Å². The Morgan fingerprint density at radius 2 is 1.05 bits per heavy atom. The van der Waals surface area contributed by atoms with Crippen molar-refractivity contribution in [3.05, 3.63) is 70.3 Å². The first-order valence-corrected chi connectivity index (χ1v) is 7.05. The zero-order valence-corrected chi connectivity index (χ0v) is 13.1. The normalized spacial score (nSPS) is 16.9.